The molecule has 52 valence electrons. The van der Waals surface area contributed by atoms with Gasteiger partial charge in [0.25, 0.3) is 5.91 Å². The molecule has 1 saturated heterocycles. The Morgan fingerprint density at radius 1 is 1.89 bits per heavy atom. The first-order valence-electron chi connectivity index (χ1n) is 3.20. The summed E-state index contributed by atoms with van der Waals surface area (Å²) in [6, 6.07) is 0. The van der Waals surface area contributed by atoms with Crippen molar-refractivity contribution in [3.8, 4) is 0 Å². The zero-order valence-corrected chi connectivity index (χ0v) is 5.76. The number of nitrogens with zero attached hydrogens (tertiary/aromatic N) is 1. The van der Waals surface area contributed by atoms with Crippen molar-refractivity contribution in [3.05, 3.63) is 0 Å². The maximum atomic E-state index is 10.9. The van der Waals surface area contributed by atoms with Crippen molar-refractivity contribution in [1.29, 1.82) is 0 Å². The molecule has 0 saturated carbocycles. The second-order valence-electron chi connectivity index (χ2n) is 2.23. The zero-order chi connectivity index (χ0) is 6.85. The summed E-state index contributed by atoms with van der Waals surface area (Å²) in [5, 5.41) is 1.41. The second kappa shape index (κ2) is 2.35. The van der Waals surface area contributed by atoms with Gasteiger partial charge in [-0.2, -0.15) is 0 Å². The monoisotopic (exact) mass is 129 g/mol. The van der Waals surface area contributed by atoms with Gasteiger partial charge in [0.15, 0.2) is 0 Å². The Balaban J connectivity index is 2.51. The minimum atomic E-state index is 0.0601. The van der Waals surface area contributed by atoms with Crippen LogP contribution in [0.3, 0.4) is 0 Å². The van der Waals surface area contributed by atoms with Crippen LogP contribution >= 0.6 is 0 Å². The van der Waals surface area contributed by atoms with Gasteiger partial charge in [-0.1, -0.05) is 6.92 Å². The van der Waals surface area contributed by atoms with Crippen LogP contribution < -0.4 is 0 Å². The number of rotatable bonds is 1. The molecular weight excluding hydrogens is 118 g/mol. The van der Waals surface area contributed by atoms with Gasteiger partial charge in [0.1, 0.15) is 0 Å². The molecule has 0 aromatic rings. The summed E-state index contributed by atoms with van der Waals surface area (Å²) in [6.07, 6.45) is 0. The molecule has 0 N–H and O–H groups in total. The molecule has 0 radical (unpaired) electrons. The normalized spacial score (nSPS) is 27.6. The van der Waals surface area contributed by atoms with Crippen LogP contribution in [0.1, 0.15) is 13.8 Å². The second-order valence-corrected chi connectivity index (χ2v) is 2.23. The average molecular weight is 129 g/mol. The van der Waals surface area contributed by atoms with Crippen molar-refractivity contribution in [2.24, 2.45) is 5.92 Å². The molecule has 1 aliphatic rings. The van der Waals surface area contributed by atoms with E-state index in [2.05, 4.69) is 0 Å². The van der Waals surface area contributed by atoms with Crippen LogP contribution in [0.15, 0.2) is 0 Å². The van der Waals surface area contributed by atoms with E-state index in [4.69, 9.17) is 4.84 Å². The predicted octanol–water partition coefficient (Wildman–Crippen LogP) is 0.416. The Morgan fingerprint density at radius 3 is 2.78 bits per heavy atom. The van der Waals surface area contributed by atoms with E-state index in [1.165, 1.54) is 5.06 Å². The fraction of sp³-hybridized carbons (Fsp3) is 0.833. The topological polar surface area (TPSA) is 29.5 Å². The largest absolute Gasteiger partial charge is 0.272 e. The molecule has 1 atom stereocenters. The van der Waals surface area contributed by atoms with Gasteiger partial charge in [-0.05, 0) is 6.92 Å². The van der Waals surface area contributed by atoms with Gasteiger partial charge < -0.3 is 0 Å². The number of hydrogen-bond donors (Lipinski definition) is 0. The molecule has 1 fully saturated rings. The maximum absolute atomic E-state index is 10.9. The van der Waals surface area contributed by atoms with Crippen molar-refractivity contribution in [1.82, 2.24) is 5.06 Å². The third-order valence-electron chi connectivity index (χ3n) is 1.43. The van der Waals surface area contributed by atoms with E-state index in [1.807, 2.05) is 13.8 Å². The molecule has 1 unspecified atom stereocenters. The predicted molar refractivity (Wildman–Crippen MR) is 32.5 cm³/mol. The Labute approximate surface area is 54.5 Å². The highest BCUT2D eigenvalue weighted by atomic mass is 16.7. The summed E-state index contributed by atoms with van der Waals surface area (Å²) in [5.74, 6) is 0.169. The lowest BCUT2D eigenvalue weighted by atomic mass is 10.2. The highest BCUT2D eigenvalue weighted by Crippen LogP contribution is 2.11. The van der Waals surface area contributed by atoms with Crippen LogP contribution in [0, 0.1) is 5.92 Å². The van der Waals surface area contributed by atoms with E-state index >= 15 is 0 Å². The third-order valence-corrected chi connectivity index (χ3v) is 1.43. The first-order valence-corrected chi connectivity index (χ1v) is 3.20. The van der Waals surface area contributed by atoms with Crippen LogP contribution in [-0.2, 0) is 9.63 Å². The summed E-state index contributed by atoms with van der Waals surface area (Å²) < 4.78 is 0. The lowest BCUT2D eigenvalue weighted by Crippen LogP contribution is -2.24. The van der Waals surface area contributed by atoms with Gasteiger partial charge in [0, 0.05) is 6.54 Å². The molecule has 1 amide bonds. The van der Waals surface area contributed by atoms with Gasteiger partial charge in [0.2, 0.25) is 0 Å². The molecular formula is C6H11NO2. The number of hydrogen-bond acceptors (Lipinski definition) is 2. The third kappa shape index (κ3) is 1.05. The Morgan fingerprint density at radius 2 is 2.56 bits per heavy atom. The molecule has 1 rings (SSSR count). The van der Waals surface area contributed by atoms with Gasteiger partial charge in [0.05, 0.1) is 12.5 Å². The molecule has 9 heavy (non-hydrogen) atoms. The number of amides is 1. The summed E-state index contributed by atoms with van der Waals surface area (Å²) >= 11 is 0. The lowest BCUT2D eigenvalue weighted by Gasteiger charge is -2.09. The highest BCUT2D eigenvalue weighted by Gasteiger charge is 2.27. The number of carbonyl (C=O) groups is 1. The van der Waals surface area contributed by atoms with Crippen molar-refractivity contribution in [2.75, 3.05) is 13.2 Å². The molecule has 0 aromatic heterocycles. The molecule has 0 spiro atoms. The zero-order valence-electron chi connectivity index (χ0n) is 5.76. The maximum Gasteiger partial charge on any atom is 0.251 e. The van der Waals surface area contributed by atoms with Crippen molar-refractivity contribution >= 4 is 5.91 Å². The lowest BCUT2D eigenvalue weighted by molar-refractivity contribution is -0.160. The van der Waals surface area contributed by atoms with Crippen molar-refractivity contribution in [2.45, 2.75) is 13.8 Å². The van der Waals surface area contributed by atoms with E-state index in [-0.39, 0.29) is 11.8 Å². The highest BCUT2D eigenvalue weighted by molar-refractivity contribution is 5.78. The quantitative estimate of drug-likeness (QED) is 0.513. The summed E-state index contributed by atoms with van der Waals surface area (Å²) in [6.45, 7) is 4.98. The van der Waals surface area contributed by atoms with Gasteiger partial charge in [-0.3, -0.25) is 9.63 Å². The van der Waals surface area contributed by atoms with Crippen LogP contribution in [0.5, 0.6) is 0 Å². The molecule has 3 heteroatoms. The molecule has 1 aliphatic heterocycles. The molecule has 0 bridgehead atoms. The molecule has 0 aliphatic carbocycles. The van der Waals surface area contributed by atoms with Gasteiger partial charge >= 0.3 is 0 Å². The van der Waals surface area contributed by atoms with E-state index in [0.29, 0.717) is 13.2 Å². The molecule has 1 heterocycles. The van der Waals surface area contributed by atoms with E-state index < -0.39 is 0 Å². The van der Waals surface area contributed by atoms with Crippen molar-refractivity contribution in [3.63, 3.8) is 0 Å². The fourth-order valence-electron chi connectivity index (χ4n) is 0.830. The van der Waals surface area contributed by atoms with E-state index in [0.717, 1.165) is 0 Å². The van der Waals surface area contributed by atoms with Gasteiger partial charge in [-0.25, -0.2) is 5.06 Å². The minimum Gasteiger partial charge on any atom is -0.272 e. The van der Waals surface area contributed by atoms with Crippen LogP contribution in [0.2, 0.25) is 0 Å². The number of carbonyl (C=O) groups excluding carboxylic acids is 1. The van der Waals surface area contributed by atoms with Crippen LogP contribution in [0.4, 0.5) is 0 Å². The SMILES string of the molecule is CCN1OCC(C)C1=O. The number of hydroxylamine groups is 2. The van der Waals surface area contributed by atoms with Crippen molar-refractivity contribution < 1.29 is 9.63 Å². The summed E-state index contributed by atoms with van der Waals surface area (Å²) in [4.78, 5) is 15.9. The minimum absolute atomic E-state index is 0.0601. The van der Waals surface area contributed by atoms with E-state index in [1.54, 1.807) is 0 Å². The standard InChI is InChI=1S/C6H11NO2/c1-3-7-6(8)5(2)4-9-7/h5H,3-4H2,1-2H3. The first kappa shape index (κ1) is 6.55. The van der Waals surface area contributed by atoms with E-state index in [9.17, 15) is 4.79 Å². The first-order chi connectivity index (χ1) is 4.25. The Hall–Kier alpha value is -0.570. The Kier molecular flexibility index (Phi) is 1.71. The summed E-state index contributed by atoms with van der Waals surface area (Å²) in [7, 11) is 0. The van der Waals surface area contributed by atoms with Gasteiger partial charge in [-0.15, -0.1) is 0 Å². The van der Waals surface area contributed by atoms with Crippen LogP contribution in [-0.4, -0.2) is 24.1 Å². The molecule has 0 aromatic carbocycles. The Bertz CT molecular complexity index is 124. The smallest absolute Gasteiger partial charge is 0.251 e. The summed E-state index contributed by atoms with van der Waals surface area (Å²) in [5.41, 5.74) is 0. The van der Waals surface area contributed by atoms with Crippen LogP contribution in [0.25, 0.3) is 0 Å². The average Bonchev–Trinajstić information content (AvgIpc) is 2.15. The molecule has 3 nitrogen and oxygen atoms in total. The fourth-order valence-corrected chi connectivity index (χ4v) is 0.830.